The number of ether oxygens (including phenoxy) is 1. The molecule has 134 valence electrons. The molecule has 7 heteroatoms. The van der Waals surface area contributed by atoms with Crippen LogP contribution in [0.3, 0.4) is 0 Å². The van der Waals surface area contributed by atoms with Crippen LogP contribution in [0.15, 0.2) is 48.2 Å². The molecule has 1 amide bonds. The molecule has 1 aliphatic rings. The van der Waals surface area contributed by atoms with Crippen molar-refractivity contribution in [2.75, 3.05) is 6.54 Å². The lowest BCUT2D eigenvalue weighted by Crippen LogP contribution is -2.30. The molecule has 0 spiro atoms. The highest BCUT2D eigenvalue weighted by molar-refractivity contribution is 7.80. The molecular weight excluding hydrogens is 391 g/mol. The Balaban J connectivity index is 1.66. The summed E-state index contributed by atoms with van der Waals surface area (Å²) in [6.45, 7) is 2.77. The fourth-order valence-corrected chi connectivity index (χ4v) is 3.27. The minimum atomic E-state index is -0.116. The Morgan fingerprint density at radius 2 is 1.92 bits per heavy atom. The summed E-state index contributed by atoms with van der Waals surface area (Å²) < 4.78 is 5.75. The van der Waals surface area contributed by atoms with Gasteiger partial charge in [0.05, 0.1) is 0 Å². The molecule has 0 saturated carbocycles. The van der Waals surface area contributed by atoms with Crippen molar-refractivity contribution in [1.82, 2.24) is 10.2 Å². The van der Waals surface area contributed by atoms with Gasteiger partial charge in [-0.3, -0.25) is 9.69 Å². The van der Waals surface area contributed by atoms with Gasteiger partial charge in [-0.2, -0.15) is 0 Å². The first-order valence-corrected chi connectivity index (χ1v) is 9.15. The molecule has 3 rings (SSSR count). The molecule has 2 aromatic carbocycles. The largest absolute Gasteiger partial charge is 0.489 e. The van der Waals surface area contributed by atoms with E-state index in [4.69, 9.17) is 40.2 Å². The maximum absolute atomic E-state index is 12.2. The average Bonchev–Trinajstić information content (AvgIpc) is 2.88. The molecule has 0 unspecified atom stereocenters. The normalized spacial score (nSPS) is 15.5. The van der Waals surface area contributed by atoms with Crippen LogP contribution < -0.4 is 10.1 Å². The number of halogens is 2. The van der Waals surface area contributed by atoms with Crippen molar-refractivity contribution in [3.63, 3.8) is 0 Å². The molecule has 1 saturated heterocycles. The van der Waals surface area contributed by atoms with Gasteiger partial charge in [0.25, 0.3) is 5.91 Å². The molecule has 0 radical (unpaired) electrons. The van der Waals surface area contributed by atoms with Crippen LogP contribution in [0.4, 0.5) is 0 Å². The summed E-state index contributed by atoms with van der Waals surface area (Å²) in [4.78, 5) is 13.7. The number of hydrogen-bond donors (Lipinski definition) is 1. The van der Waals surface area contributed by atoms with E-state index in [2.05, 4.69) is 5.32 Å². The van der Waals surface area contributed by atoms with Gasteiger partial charge in [0.1, 0.15) is 18.1 Å². The van der Waals surface area contributed by atoms with Gasteiger partial charge in [-0.25, -0.2) is 0 Å². The van der Waals surface area contributed by atoms with Gasteiger partial charge in [-0.1, -0.05) is 41.4 Å². The molecular formula is C19H16Cl2N2O2S. The third-order valence-corrected chi connectivity index (χ3v) is 4.79. The second kappa shape index (κ2) is 8.08. The van der Waals surface area contributed by atoms with E-state index >= 15 is 0 Å². The first kappa shape index (κ1) is 18.7. The molecule has 2 aromatic rings. The van der Waals surface area contributed by atoms with Gasteiger partial charge in [-0.05, 0) is 55.0 Å². The van der Waals surface area contributed by atoms with Crippen LogP contribution in [0.1, 0.15) is 18.1 Å². The van der Waals surface area contributed by atoms with Gasteiger partial charge in [0.2, 0.25) is 0 Å². The lowest BCUT2D eigenvalue weighted by atomic mass is 10.2. The molecule has 0 aliphatic carbocycles. The van der Waals surface area contributed by atoms with Crippen LogP contribution in [-0.2, 0) is 11.4 Å². The summed E-state index contributed by atoms with van der Waals surface area (Å²) in [5.41, 5.74) is 2.20. The standard InChI is InChI=1S/C19H16Cl2N2O2S/c1-2-23-18(24)17(22-19(23)26)9-12-3-7-15(8-4-12)25-11-13-5-6-14(20)10-16(13)21/h3-10H,2,11H2,1H3,(H,22,26)/b17-9-. The van der Waals surface area contributed by atoms with E-state index in [0.29, 0.717) is 39.8 Å². The van der Waals surface area contributed by atoms with Crippen molar-refractivity contribution in [1.29, 1.82) is 0 Å². The highest BCUT2D eigenvalue weighted by atomic mass is 35.5. The molecule has 0 aromatic heterocycles. The Kier molecular flexibility index (Phi) is 5.81. The minimum absolute atomic E-state index is 0.116. The van der Waals surface area contributed by atoms with Gasteiger partial charge < -0.3 is 10.1 Å². The highest BCUT2D eigenvalue weighted by Crippen LogP contribution is 2.23. The third kappa shape index (κ3) is 4.18. The van der Waals surface area contributed by atoms with Crippen molar-refractivity contribution < 1.29 is 9.53 Å². The second-order valence-corrected chi connectivity index (χ2v) is 6.86. The van der Waals surface area contributed by atoms with Crippen molar-refractivity contribution in [3.8, 4) is 5.75 Å². The van der Waals surface area contributed by atoms with Crippen LogP contribution >= 0.6 is 35.4 Å². The Morgan fingerprint density at radius 1 is 1.19 bits per heavy atom. The number of nitrogens with zero attached hydrogens (tertiary/aromatic N) is 1. The summed E-state index contributed by atoms with van der Waals surface area (Å²) in [6, 6.07) is 12.7. The Hall–Kier alpha value is -2.08. The molecule has 1 N–H and O–H groups in total. The SMILES string of the molecule is CCN1C(=O)/C(=C/c2ccc(OCc3ccc(Cl)cc3Cl)cc2)NC1=S. The van der Waals surface area contributed by atoms with E-state index in [9.17, 15) is 4.79 Å². The quantitative estimate of drug-likeness (QED) is 0.579. The fraction of sp³-hybridized carbons (Fsp3) is 0.158. The monoisotopic (exact) mass is 406 g/mol. The van der Waals surface area contributed by atoms with Gasteiger partial charge in [0.15, 0.2) is 5.11 Å². The minimum Gasteiger partial charge on any atom is -0.489 e. The van der Waals surface area contributed by atoms with Gasteiger partial charge >= 0.3 is 0 Å². The van der Waals surface area contributed by atoms with Gasteiger partial charge in [0, 0.05) is 22.2 Å². The van der Waals surface area contributed by atoms with Crippen LogP contribution in [-0.4, -0.2) is 22.5 Å². The number of nitrogens with one attached hydrogen (secondary N) is 1. The van der Waals surface area contributed by atoms with E-state index < -0.39 is 0 Å². The van der Waals surface area contributed by atoms with Gasteiger partial charge in [-0.15, -0.1) is 0 Å². The third-order valence-electron chi connectivity index (χ3n) is 3.88. The van der Waals surface area contributed by atoms with E-state index in [1.165, 1.54) is 4.90 Å². The lowest BCUT2D eigenvalue weighted by Gasteiger charge is -2.09. The number of amides is 1. The van der Waals surface area contributed by atoms with Crippen LogP contribution in [0.25, 0.3) is 6.08 Å². The zero-order valence-electron chi connectivity index (χ0n) is 14.0. The first-order chi connectivity index (χ1) is 12.5. The number of rotatable bonds is 5. The summed E-state index contributed by atoms with van der Waals surface area (Å²) in [5.74, 6) is 0.588. The number of benzene rings is 2. The zero-order valence-corrected chi connectivity index (χ0v) is 16.3. The fourth-order valence-electron chi connectivity index (χ4n) is 2.49. The predicted octanol–water partition coefficient (Wildman–Crippen LogP) is 4.65. The smallest absolute Gasteiger partial charge is 0.276 e. The van der Waals surface area contributed by atoms with Crippen LogP contribution in [0.5, 0.6) is 5.75 Å². The predicted molar refractivity (Wildman–Crippen MR) is 108 cm³/mol. The average molecular weight is 407 g/mol. The van der Waals surface area contributed by atoms with E-state index in [1.54, 1.807) is 18.2 Å². The molecule has 1 heterocycles. The number of hydrogen-bond acceptors (Lipinski definition) is 3. The topological polar surface area (TPSA) is 41.6 Å². The number of likely N-dealkylation sites (N-methyl/N-ethyl adjacent to an activating group) is 1. The Labute approximate surface area is 167 Å². The van der Waals surface area contributed by atoms with Crippen molar-refractivity contribution in [2.45, 2.75) is 13.5 Å². The number of carbonyl (C=O) groups is 1. The second-order valence-electron chi connectivity index (χ2n) is 5.63. The van der Waals surface area contributed by atoms with E-state index in [0.717, 1.165) is 11.1 Å². The van der Waals surface area contributed by atoms with E-state index in [-0.39, 0.29) is 5.91 Å². The summed E-state index contributed by atoms with van der Waals surface area (Å²) in [7, 11) is 0. The number of thiocarbonyl (C=S) groups is 1. The molecule has 26 heavy (non-hydrogen) atoms. The van der Waals surface area contributed by atoms with E-state index in [1.807, 2.05) is 37.3 Å². The molecule has 1 fully saturated rings. The van der Waals surface area contributed by atoms with Crippen molar-refractivity contribution in [3.05, 3.63) is 69.3 Å². The zero-order chi connectivity index (χ0) is 18.7. The highest BCUT2D eigenvalue weighted by Gasteiger charge is 2.28. The molecule has 0 bridgehead atoms. The Bertz CT molecular complexity index is 882. The van der Waals surface area contributed by atoms with Crippen molar-refractivity contribution in [2.24, 2.45) is 0 Å². The summed E-state index contributed by atoms with van der Waals surface area (Å²) in [6.07, 6.45) is 1.77. The summed E-state index contributed by atoms with van der Waals surface area (Å²) >= 11 is 17.2. The maximum atomic E-state index is 12.2. The first-order valence-electron chi connectivity index (χ1n) is 7.99. The molecule has 1 aliphatic heterocycles. The molecule has 4 nitrogen and oxygen atoms in total. The van der Waals surface area contributed by atoms with Crippen LogP contribution in [0, 0.1) is 0 Å². The van der Waals surface area contributed by atoms with Crippen molar-refractivity contribution >= 4 is 52.5 Å². The summed E-state index contributed by atoms with van der Waals surface area (Å²) in [5, 5.41) is 4.53. The lowest BCUT2D eigenvalue weighted by molar-refractivity contribution is -0.122. The maximum Gasteiger partial charge on any atom is 0.276 e. The van der Waals surface area contributed by atoms with Crippen LogP contribution in [0.2, 0.25) is 10.0 Å². The molecule has 0 atom stereocenters. The Morgan fingerprint density at radius 3 is 2.54 bits per heavy atom. The number of carbonyl (C=O) groups excluding carboxylic acids is 1.